The second kappa shape index (κ2) is 8.03. The lowest BCUT2D eigenvalue weighted by atomic mass is 9.76. The molecule has 3 rings (SSSR count). The van der Waals surface area contributed by atoms with Gasteiger partial charge in [0.25, 0.3) is 0 Å². The van der Waals surface area contributed by atoms with Crippen LogP contribution in [0.1, 0.15) is 18.5 Å². The van der Waals surface area contributed by atoms with Gasteiger partial charge in [0.15, 0.2) is 0 Å². The molecule has 0 aliphatic heterocycles. The van der Waals surface area contributed by atoms with Gasteiger partial charge in [-0.1, -0.05) is 6.07 Å². The Morgan fingerprint density at radius 1 is 1.17 bits per heavy atom. The standard InChI is InChI=1S/C17H23N5O2/c23-6-5-19-16-10-17(21-11-20-16)22-15(12-7-14(24)8-12)9-13-3-1-2-4-18-13/h1-4,10-12,14-15,23-24H,5-9H2,(H2,19,20,21,22)/t12?,14?,15-/m1/s1. The highest BCUT2D eigenvalue weighted by molar-refractivity contribution is 5.47. The van der Waals surface area contributed by atoms with Crippen molar-refractivity contribution in [2.75, 3.05) is 23.8 Å². The second-order valence-corrected chi connectivity index (χ2v) is 6.10. The van der Waals surface area contributed by atoms with E-state index in [9.17, 15) is 5.11 Å². The summed E-state index contributed by atoms with van der Waals surface area (Å²) in [5.74, 6) is 1.80. The molecular formula is C17H23N5O2. The molecule has 128 valence electrons. The van der Waals surface area contributed by atoms with Gasteiger partial charge < -0.3 is 20.8 Å². The van der Waals surface area contributed by atoms with Crippen LogP contribution in [0.2, 0.25) is 0 Å². The van der Waals surface area contributed by atoms with Crippen molar-refractivity contribution in [1.29, 1.82) is 0 Å². The molecule has 0 saturated heterocycles. The zero-order chi connectivity index (χ0) is 16.8. The molecule has 1 aliphatic carbocycles. The molecule has 0 spiro atoms. The van der Waals surface area contributed by atoms with Crippen molar-refractivity contribution < 1.29 is 10.2 Å². The smallest absolute Gasteiger partial charge is 0.131 e. The summed E-state index contributed by atoms with van der Waals surface area (Å²) >= 11 is 0. The van der Waals surface area contributed by atoms with Crippen LogP contribution in [0.25, 0.3) is 0 Å². The van der Waals surface area contributed by atoms with Gasteiger partial charge in [0.2, 0.25) is 0 Å². The minimum atomic E-state index is -0.199. The van der Waals surface area contributed by atoms with Crippen molar-refractivity contribution in [1.82, 2.24) is 15.0 Å². The third-order valence-electron chi connectivity index (χ3n) is 4.29. The number of hydrogen-bond donors (Lipinski definition) is 4. The minimum absolute atomic E-state index is 0.0506. The van der Waals surface area contributed by atoms with Crippen LogP contribution in [0.5, 0.6) is 0 Å². The molecule has 0 bridgehead atoms. The first-order valence-corrected chi connectivity index (χ1v) is 8.26. The Hall–Kier alpha value is -2.25. The highest BCUT2D eigenvalue weighted by atomic mass is 16.3. The van der Waals surface area contributed by atoms with Crippen LogP contribution in [0.15, 0.2) is 36.8 Å². The maximum atomic E-state index is 9.64. The fourth-order valence-electron chi connectivity index (χ4n) is 2.95. The number of aromatic nitrogens is 3. The summed E-state index contributed by atoms with van der Waals surface area (Å²) < 4.78 is 0. The van der Waals surface area contributed by atoms with Gasteiger partial charge in [-0.2, -0.15) is 0 Å². The number of hydrogen-bond acceptors (Lipinski definition) is 7. The molecule has 7 heteroatoms. The quantitative estimate of drug-likeness (QED) is 0.574. The lowest BCUT2D eigenvalue weighted by Crippen LogP contribution is -2.42. The number of rotatable bonds is 8. The van der Waals surface area contributed by atoms with Gasteiger partial charge in [-0.05, 0) is 30.9 Å². The SMILES string of the molecule is OCCNc1cc(N[C@H](Cc2ccccn2)C2CC(O)C2)ncn1. The first-order valence-electron chi connectivity index (χ1n) is 8.26. The zero-order valence-corrected chi connectivity index (χ0v) is 13.5. The maximum Gasteiger partial charge on any atom is 0.131 e. The molecule has 7 nitrogen and oxygen atoms in total. The number of pyridine rings is 1. The molecule has 1 aliphatic rings. The Morgan fingerprint density at radius 3 is 2.71 bits per heavy atom. The first kappa shape index (κ1) is 16.6. The van der Waals surface area contributed by atoms with Gasteiger partial charge in [-0.15, -0.1) is 0 Å². The molecule has 0 amide bonds. The van der Waals surface area contributed by atoms with Crippen molar-refractivity contribution in [3.8, 4) is 0 Å². The van der Waals surface area contributed by atoms with Crippen LogP contribution in [0, 0.1) is 5.92 Å². The Morgan fingerprint density at radius 2 is 2.00 bits per heavy atom. The number of aliphatic hydroxyl groups is 2. The molecule has 1 saturated carbocycles. The van der Waals surface area contributed by atoms with Gasteiger partial charge in [0, 0.05) is 37.0 Å². The number of nitrogens with one attached hydrogen (secondary N) is 2. The van der Waals surface area contributed by atoms with Crippen molar-refractivity contribution in [2.45, 2.75) is 31.4 Å². The Labute approximate surface area is 141 Å². The van der Waals surface area contributed by atoms with Crippen LogP contribution in [0.4, 0.5) is 11.6 Å². The van der Waals surface area contributed by atoms with E-state index in [4.69, 9.17) is 5.11 Å². The van der Waals surface area contributed by atoms with Crippen LogP contribution < -0.4 is 10.6 Å². The van der Waals surface area contributed by atoms with E-state index < -0.39 is 0 Å². The average molecular weight is 329 g/mol. The monoisotopic (exact) mass is 329 g/mol. The van der Waals surface area contributed by atoms with E-state index in [1.54, 1.807) is 6.20 Å². The predicted octanol–water partition coefficient (Wildman–Crippen LogP) is 1.07. The topological polar surface area (TPSA) is 103 Å². The summed E-state index contributed by atoms with van der Waals surface area (Å²) in [6.45, 7) is 0.498. The molecule has 0 aromatic carbocycles. The largest absolute Gasteiger partial charge is 0.395 e. The highest BCUT2D eigenvalue weighted by Gasteiger charge is 2.34. The molecule has 2 aromatic heterocycles. The Balaban J connectivity index is 1.69. The molecular weight excluding hydrogens is 306 g/mol. The van der Waals surface area contributed by atoms with E-state index in [0.29, 0.717) is 18.3 Å². The summed E-state index contributed by atoms with van der Waals surface area (Å²) in [4.78, 5) is 12.8. The van der Waals surface area contributed by atoms with Crippen LogP contribution in [-0.4, -0.2) is 50.5 Å². The van der Waals surface area contributed by atoms with Gasteiger partial charge in [-0.3, -0.25) is 4.98 Å². The third-order valence-corrected chi connectivity index (χ3v) is 4.29. The van der Waals surface area contributed by atoms with E-state index >= 15 is 0 Å². The summed E-state index contributed by atoms with van der Waals surface area (Å²) in [6.07, 6.45) is 5.46. The van der Waals surface area contributed by atoms with E-state index in [0.717, 1.165) is 30.8 Å². The van der Waals surface area contributed by atoms with Gasteiger partial charge >= 0.3 is 0 Å². The molecule has 2 aromatic rings. The van der Waals surface area contributed by atoms with Crippen LogP contribution in [-0.2, 0) is 6.42 Å². The van der Waals surface area contributed by atoms with Crippen molar-refractivity contribution >= 4 is 11.6 Å². The van der Waals surface area contributed by atoms with Crippen molar-refractivity contribution in [3.05, 3.63) is 42.5 Å². The molecule has 0 unspecified atom stereocenters. The normalized spacial score (nSPS) is 20.9. The number of anilines is 2. The zero-order valence-electron chi connectivity index (χ0n) is 13.5. The maximum absolute atomic E-state index is 9.64. The van der Waals surface area contributed by atoms with Crippen LogP contribution in [0.3, 0.4) is 0 Å². The average Bonchev–Trinajstić information content (AvgIpc) is 2.58. The lowest BCUT2D eigenvalue weighted by Gasteiger charge is -2.38. The van der Waals surface area contributed by atoms with Crippen LogP contribution >= 0.6 is 0 Å². The molecule has 1 atom stereocenters. The summed E-state index contributed by atoms with van der Waals surface area (Å²) in [5.41, 5.74) is 1.02. The van der Waals surface area contributed by atoms with Gasteiger partial charge in [0.1, 0.15) is 18.0 Å². The molecule has 4 N–H and O–H groups in total. The predicted molar refractivity (Wildman–Crippen MR) is 91.7 cm³/mol. The van der Waals surface area contributed by atoms with E-state index in [2.05, 4.69) is 25.6 Å². The van der Waals surface area contributed by atoms with E-state index in [1.165, 1.54) is 6.33 Å². The number of nitrogens with zero attached hydrogens (tertiary/aromatic N) is 3. The van der Waals surface area contributed by atoms with Crippen molar-refractivity contribution in [3.63, 3.8) is 0 Å². The summed E-state index contributed by atoms with van der Waals surface area (Å²) in [7, 11) is 0. The van der Waals surface area contributed by atoms with E-state index in [-0.39, 0.29) is 18.8 Å². The molecule has 24 heavy (non-hydrogen) atoms. The summed E-state index contributed by atoms with van der Waals surface area (Å²) in [5, 5.41) is 25.0. The third kappa shape index (κ3) is 4.39. The molecule has 0 radical (unpaired) electrons. The first-order chi connectivity index (χ1) is 11.7. The lowest BCUT2D eigenvalue weighted by molar-refractivity contribution is 0.0340. The van der Waals surface area contributed by atoms with Crippen molar-refractivity contribution in [2.24, 2.45) is 5.92 Å². The fraction of sp³-hybridized carbons (Fsp3) is 0.471. The Kier molecular flexibility index (Phi) is 5.55. The highest BCUT2D eigenvalue weighted by Crippen LogP contribution is 2.33. The second-order valence-electron chi connectivity index (χ2n) is 6.10. The fourth-order valence-corrected chi connectivity index (χ4v) is 2.95. The number of aliphatic hydroxyl groups excluding tert-OH is 2. The minimum Gasteiger partial charge on any atom is -0.395 e. The molecule has 2 heterocycles. The molecule has 1 fully saturated rings. The summed E-state index contributed by atoms with van der Waals surface area (Å²) in [6, 6.07) is 7.89. The van der Waals surface area contributed by atoms with Gasteiger partial charge in [-0.25, -0.2) is 9.97 Å². The Bertz CT molecular complexity index is 634. The van der Waals surface area contributed by atoms with Gasteiger partial charge in [0.05, 0.1) is 12.7 Å². The van der Waals surface area contributed by atoms with E-state index in [1.807, 2.05) is 24.3 Å².